The minimum absolute atomic E-state index is 0.134. The number of carbonyl (C=O) groups excluding carboxylic acids is 1. The molecular weight excluding hydrogens is 170 g/mol. The number of rotatable bonds is 2. The second kappa shape index (κ2) is 3.75. The van der Waals surface area contributed by atoms with Crippen LogP contribution in [-0.4, -0.2) is 25.1 Å². The molecule has 70 valence electrons. The summed E-state index contributed by atoms with van der Waals surface area (Å²) in [6.07, 6.45) is 0. The average Bonchev–Trinajstić information content (AvgIpc) is 2.17. The summed E-state index contributed by atoms with van der Waals surface area (Å²) in [6, 6.07) is 3.28. The van der Waals surface area contributed by atoms with Gasteiger partial charge >= 0.3 is 5.97 Å². The van der Waals surface area contributed by atoms with E-state index in [4.69, 9.17) is 5.73 Å². The van der Waals surface area contributed by atoms with Crippen molar-refractivity contribution >= 4 is 17.5 Å². The standard InChI is InChI=1S/C8H11N3O2/c1-10-6-4-3-5(9)7(11-6)8(12)13-2/h3-4H,9H2,1-2H3,(H,10,11). The van der Waals surface area contributed by atoms with Gasteiger partial charge in [-0.05, 0) is 12.1 Å². The number of carbonyl (C=O) groups is 1. The molecule has 1 rings (SSSR count). The zero-order valence-electron chi connectivity index (χ0n) is 7.50. The van der Waals surface area contributed by atoms with Crippen LogP contribution >= 0.6 is 0 Å². The molecule has 0 spiro atoms. The monoisotopic (exact) mass is 181 g/mol. The van der Waals surface area contributed by atoms with Crippen LogP contribution in [0.5, 0.6) is 0 Å². The molecule has 0 saturated carbocycles. The lowest BCUT2D eigenvalue weighted by Gasteiger charge is -2.04. The van der Waals surface area contributed by atoms with Crippen LogP contribution < -0.4 is 11.1 Å². The van der Waals surface area contributed by atoms with Crippen LogP contribution in [0.1, 0.15) is 10.5 Å². The van der Waals surface area contributed by atoms with Gasteiger partial charge in [-0.15, -0.1) is 0 Å². The molecule has 0 fully saturated rings. The lowest BCUT2D eigenvalue weighted by atomic mass is 10.3. The normalized spacial score (nSPS) is 9.38. The van der Waals surface area contributed by atoms with E-state index in [1.165, 1.54) is 7.11 Å². The van der Waals surface area contributed by atoms with Gasteiger partial charge in [-0.2, -0.15) is 0 Å². The fourth-order valence-corrected chi connectivity index (χ4v) is 0.869. The van der Waals surface area contributed by atoms with Gasteiger partial charge in [-0.25, -0.2) is 9.78 Å². The number of nitrogen functional groups attached to an aromatic ring is 1. The van der Waals surface area contributed by atoms with E-state index in [2.05, 4.69) is 15.0 Å². The number of ether oxygens (including phenoxy) is 1. The van der Waals surface area contributed by atoms with Crippen LogP contribution in [0.25, 0.3) is 0 Å². The molecule has 0 bridgehead atoms. The van der Waals surface area contributed by atoms with E-state index in [1.54, 1.807) is 19.2 Å². The van der Waals surface area contributed by atoms with E-state index in [1.807, 2.05) is 0 Å². The summed E-state index contributed by atoms with van der Waals surface area (Å²) < 4.78 is 4.51. The number of nitrogens with zero attached hydrogens (tertiary/aromatic N) is 1. The van der Waals surface area contributed by atoms with Gasteiger partial charge < -0.3 is 15.8 Å². The van der Waals surface area contributed by atoms with Crippen molar-refractivity contribution in [1.29, 1.82) is 0 Å². The topological polar surface area (TPSA) is 77.2 Å². The number of methoxy groups -OCH3 is 1. The third kappa shape index (κ3) is 1.87. The lowest BCUT2D eigenvalue weighted by molar-refractivity contribution is 0.0595. The van der Waals surface area contributed by atoms with Crippen LogP contribution in [-0.2, 0) is 4.74 Å². The van der Waals surface area contributed by atoms with Gasteiger partial charge in [0.2, 0.25) is 0 Å². The van der Waals surface area contributed by atoms with Crippen LogP contribution in [0.2, 0.25) is 0 Å². The predicted molar refractivity (Wildman–Crippen MR) is 49.5 cm³/mol. The van der Waals surface area contributed by atoms with Crippen molar-refractivity contribution in [3.05, 3.63) is 17.8 Å². The number of hydrogen-bond acceptors (Lipinski definition) is 5. The molecule has 1 aromatic rings. The van der Waals surface area contributed by atoms with Crippen molar-refractivity contribution in [2.24, 2.45) is 0 Å². The Hall–Kier alpha value is -1.78. The lowest BCUT2D eigenvalue weighted by Crippen LogP contribution is -2.09. The molecule has 13 heavy (non-hydrogen) atoms. The number of nitrogens with one attached hydrogen (secondary N) is 1. The van der Waals surface area contributed by atoms with Crippen molar-refractivity contribution in [3.63, 3.8) is 0 Å². The molecule has 0 aliphatic carbocycles. The summed E-state index contributed by atoms with van der Waals surface area (Å²) in [7, 11) is 3.00. The van der Waals surface area contributed by atoms with Crippen LogP contribution in [0.15, 0.2) is 12.1 Å². The maximum Gasteiger partial charge on any atom is 0.358 e. The third-order valence-corrected chi connectivity index (χ3v) is 1.56. The van der Waals surface area contributed by atoms with Crippen LogP contribution in [0.4, 0.5) is 11.5 Å². The summed E-state index contributed by atoms with van der Waals surface area (Å²) in [6.45, 7) is 0. The molecule has 5 heteroatoms. The van der Waals surface area contributed by atoms with Gasteiger partial charge in [0.15, 0.2) is 5.69 Å². The summed E-state index contributed by atoms with van der Waals surface area (Å²) in [5, 5.41) is 2.80. The van der Waals surface area contributed by atoms with E-state index in [9.17, 15) is 4.79 Å². The Morgan fingerprint density at radius 2 is 2.31 bits per heavy atom. The molecule has 0 aliphatic heterocycles. The number of esters is 1. The van der Waals surface area contributed by atoms with Gasteiger partial charge in [0.1, 0.15) is 5.82 Å². The molecule has 0 saturated heterocycles. The molecule has 0 atom stereocenters. The SMILES string of the molecule is CNc1ccc(N)c(C(=O)OC)n1. The number of anilines is 2. The van der Waals surface area contributed by atoms with Crippen molar-refractivity contribution in [2.75, 3.05) is 25.2 Å². The quantitative estimate of drug-likeness (QED) is 0.649. The zero-order valence-corrected chi connectivity index (χ0v) is 7.50. The number of nitrogens with two attached hydrogens (primary N) is 1. The van der Waals surface area contributed by atoms with E-state index in [0.717, 1.165) is 0 Å². The first-order chi connectivity index (χ1) is 6.19. The summed E-state index contributed by atoms with van der Waals surface area (Å²) >= 11 is 0. The summed E-state index contributed by atoms with van der Waals surface area (Å²) in [5.74, 6) is 0.0456. The maximum atomic E-state index is 11.1. The van der Waals surface area contributed by atoms with Crippen molar-refractivity contribution in [1.82, 2.24) is 4.98 Å². The minimum Gasteiger partial charge on any atom is -0.464 e. The molecule has 0 amide bonds. The number of aromatic nitrogens is 1. The van der Waals surface area contributed by atoms with E-state index in [-0.39, 0.29) is 5.69 Å². The number of hydrogen-bond donors (Lipinski definition) is 2. The van der Waals surface area contributed by atoms with E-state index in [0.29, 0.717) is 11.5 Å². The molecule has 3 N–H and O–H groups in total. The highest BCUT2D eigenvalue weighted by Crippen LogP contribution is 2.13. The van der Waals surface area contributed by atoms with Crippen LogP contribution in [0.3, 0.4) is 0 Å². The third-order valence-electron chi connectivity index (χ3n) is 1.56. The van der Waals surface area contributed by atoms with Gasteiger partial charge in [-0.3, -0.25) is 0 Å². The molecule has 1 heterocycles. The second-order valence-corrected chi connectivity index (χ2v) is 2.38. The molecule has 0 unspecified atom stereocenters. The molecular formula is C8H11N3O2. The first-order valence-electron chi connectivity index (χ1n) is 3.71. The van der Waals surface area contributed by atoms with Crippen LogP contribution in [0, 0.1) is 0 Å². The Balaban J connectivity index is 3.11. The molecule has 1 aromatic heterocycles. The minimum atomic E-state index is -0.533. The zero-order chi connectivity index (χ0) is 9.84. The Morgan fingerprint density at radius 3 is 2.85 bits per heavy atom. The fourth-order valence-electron chi connectivity index (χ4n) is 0.869. The first kappa shape index (κ1) is 9.31. The number of pyridine rings is 1. The smallest absolute Gasteiger partial charge is 0.358 e. The molecule has 5 nitrogen and oxygen atoms in total. The Bertz CT molecular complexity index is 325. The van der Waals surface area contributed by atoms with E-state index < -0.39 is 5.97 Å². The molecule has 0 aliphatic rings. The average molecular weight is 181 g/mol. The largest absolute Gasteiger partial charge is 0.464 e. The maximum absolute atomic E-state index is 11.1. The van der Waals surface area contributed by atoms with Crippen molar-refractivity contribution in [3.8, 4) is 0 Å². The Morgan fingerprint density at radius 1 is 1.62 bits per heavy atom. The van der Waals surface area contributed by atoms with Gasteiger partial charge in [0, 0.05) is 7.05 Å². The van der Waals surface area contributed by atoms with Crippen molar-refractivity contribution in [2.45, 2.75) is 0 Å². The highest BCUT2D eigenvalue weighted by molar-refractivity contribution is 5.93. The fraction of sp³-hybridized carbons (Fsp3) is 0.250. The predicted octanol–water partition coefficient (Wildman–Crippen LogP) is 0.492. The van der Waals surface area contributed by atoms with Gasteiger partial charge in [0.25, 0.3) is 0 Å². The summed E-state index contributed by atoms with van der Waals surface area (Å²) in [4.78, 5) is 15.1. The molecule has 0 aromatic carbocycles. The van der Waals surface area contributed by atoms with Gasteiger partial charge in [0.05, 0.1) is 12.8 Å². The van der Waals surface area contributed by atoms with E-state index >= 15 is 0 Å². The first-order valence-corrected chi connectivity index (χ1v) is 3.71. The van der Waals surface area contributed by atoms with Gasteiger partial charge in [-0.1, -0.05) is 0 Å². The highest BCUT2D eigenvalue weighted by atomic mass is 16.5. The highest BCUT2D eigenvalue weighted by Gasteiger charge is 2.11. The Kier molecular flexibility index (Phi) is 2.69. The second-order valence-electron chi connectivity index (χ2n) is 2.38. The van der Waals surface area contributed by atoms with Crippen molar-refractivity contribution < 1.29 is 9.53 Å². The Labute approximate surface area is 75.9 Å². The summed E-state index contributed by atoms with van der Waals surface area (Å²) in [5.41, 5.74) is 5.97. The molecule has 0 radical (unpaired) electrons.